The maximum absolute atomic E-state index is 10.5. The molecule has 0 atom stereocenters. The highest BCUT2D eigenvalue weighted by atomic mass is 35.5. The van der Waals surface area contributed by atoms with E-state index in [9.17, 15) is 4.79 Å². The van der Waals surface area contributed by atoms with E-state index in [4.69, 9.17) is 9.84 Å². The van der Waals surface area contributed by atoms with Crippen LogP contribution in [0.15, 0.2) is 60.2 Å². The Labute approximate surface area is 167 Å². The molecule has 0 heterocycles. The van der Waals surface area contributed by atoms with Crippen molar-refractivity contribution in [2.24, 2.45) is 0 Å². The second-order valence-electron chi connectivity index (χ2n) is 6.32. The van der Waals surface area contributed by atoms with Gasteiger partial charge in [0.25, 0.3) is 0 Å². The molecule has 2 aromatic rings. The second-order valence-corrected chi connectivity index (χ2v) is 6.32. The topological polar surface area (TPSA) is 58.6 Å². The van der Waals surface area contributed by atoms with Crippen LogP contribution in [0.25, 0.3) is 6.08 Å². The van der Waals surface area contributed by atoms with Gasteiger partial charge in [-0.05, 0) is 43.0 Å². The first kappa shape index (κ1) is 22.7. The fourth-order valence-corrected chi connectivity index (χ4v) is 2.59. The molecule has 0 spiro atoms. The SMILES string of the molecule is C/C(=C\c1ccc(OCCCc2ccccc2)cc1)CNCCC(=O)O.Cl. The third kappa shape index (κ3) is 9.83. The lowest BCUT2D eigenvalue weighted by Crippen LogP contribution is -2.19. The zero-order chi connectivity index (χ0) is 18.6. The molecule has 0 aliphatic rings. The largest absolute Gasteiger partial charge is 0.494 e. The van der Waals surface area contributed by atoms with E-state index in [1.807, 2.05) is 37.3 Å². The smallest absolute Gasteiger partial charge is 0.304 e. The van der Waals surface area contributed by atoms with Crippen LogP contribution < -0.4 is 10.1 Å². The number of halogens is 1. The molecule has 0 radical (unpaired) electrons. The van der Waals surface area contributed by atoms with Crippen LogP contribution in [0.5, 0.6) is 5.75 Å². The van der Waals surface area contributed by atoms with E-state index in [2.05, 4.69) is 35.7 Å². The molecule has 0 fully saturated rings. The van der Waals surface area contributed by atoms with Gasteiger partial charge < -0.3 is 15.2 Å². The van der Waals surface area contributed by atoms with E-state index in [-0.39, 0.29) is 18.8 Å². The molecule has 0 aliphatic heterocycles. The van der Waals surface area contributed by atoms with Crippen LogP contribution in [0.1, 0.15) is 30.9 Å². The van der Waals surface area contributed by atoms with Crippen LogP contribution in [-0.4, -0.2) is 30.8 Å². The number of ether oxygens (including phenoxy) is 1. The fourth-order valence-electron chi connectivity index (χ4n) is 2.59. The van der Waals surface area contributed by atoms with Crippen molar-refractivity contribution in [1.29, 1.82) is 0 Å². The summed E-state index contributed by atoms with van der Waals surface area (Å²) in [6.45, 7) is 3.90. The maximum atomic E-state index is 10.5. The van der Waals surface area contributed by atoms with Crippen molar-refractivity contribution in [1.82, 2.24) is 5.32 Å². The van der Waals surface area contributed by atoms with Crippen LogP contribution in [-0.2, 0) is 11.2 Å². The number of aliphatic carboxylic acids is 1. The standard InChI is InChI=1S/C22H27NO3.ClH/c1-18(17-23-14-13-22(24)25)16-20-9-11-21(12-10-20)26-15-5-8-19-6-3-2-4-7-19;/h2-4,6-7,9-12,16,23H,5,8,13-15,17H2,1H3,(H,24,25);1H/b18-16+;. The third-order valence-electron chi connectivity index (χ3n) is 3.93. The van der Waals surface area contributed by atoms with Crippen molar-refractivity contribution in [2.45, 2.75) is 26.2 Å². The molecule has 2 aromatic carbocycles. The number of carboxylic acid groups (broad SMARTS) is 1. The number of nitrogens with one attached hydrogen (secondary N) is 1. The lowest BCUT2D eigenvalue weighted by molar-refractivity contribution is -0.136. The summed E-state index contributed by atoms with van der Waals surface area (Å²) in [6, 6.07) is 18.5. The predicted molar refractivity (Wildman–Crippen MR) is 113 cm³/mol. The number of aryl methyl sites for hydroxylation is 1. The van der Waals surface area contributed by atoms with Crippen LogP contribution in [0.4, 0.5) is 0 Å². The number of hydrogen-bond acceptors (Lipinski definition) is 3. The van der Waals surface area contributed by atoms with Gasteiger partial charge in [-0.15, -0.1) is 12.4 Å². The Hall–Kier alpha value is -2.30. The van der Waals surface area contributed by atoms with Crippen LogP contribution in [0.3, 0.4) is 0 Å². The lowest BCUT2D eigenvalue weighted by atomic mass is 10.1. The summed E-state index contributed by atoms with van der Waals surface area (Å²) in [7, 11) is 0. The number of carbonyl (C=O) groups is 1. The van der Waals surface area contributed by atoms with Gasteiger partial charge in [-0.2, -0.15) is 0 Å². The molecule has 27 heavy (non-hydrogen) atoms. The van der Waals surface area contributed by atoms with Gasteiger partial charge in [0, 0.05) is 13.1 Å². The van der Waals surface area contributed by atoms with Crippen LogP contribution in [0.2, 0.25) is 0 Å². The summed E-state index contributed by atoms with van der Waals surface area (Å²) >= 11 is 0. The van der Waals surface area contributed by atoms with Crippen LogP contribution >= 0.6 is 12.4 Å². The summed E-state index contributed by atoms with van der Waals surface area (Å²) < 4.78 is 5.80. The van der Waals surface area contributed by atoms with Gasteiger partial charge in [0.2, 0.25) is 0 Å². The van der Waals surface area contributed by atoms with Crippen LogP contribution in [0, 0.1) is 0 Å². The normalized spacial score (nSPS) is 10.9. The van der Waals surface area contributed by atoms with Crippen molar-refractivity contribution in [3.05, 3.63) is 71.3 Å². The third-order valence-corrected chi connectivity index (χ3v) is 3.93. The van der Waals surface area contributed by atoms with Crippen molar-refractivity contribution >= 4 is 24.5 Å². The first-order valence-electron chi connectivity index (χ1n) is 9.00. The summed E-state index contributed by atoms with van der Waals surface area (Å²) in [5, 5.41) is 11.7. The highest BCUT2D eigenvalue weighted by Crippen LogP contribution is 2.15. The lowest BCUT2D eigenvalue weighted by Gasteiger charge is -2.07. The molecule has 0 saturated carbocycles. The zero-order valence-corrected chi connectivity index (χ0v) is 16.5. The second kappa shape index (κ2) is 13.0. The van der Waals surface area contributed by atoms with Crippen molar-refractivity contribution in [2.75, 3.05) is 19.7 Å². The minimum atomic E-state index is -0.779. The first-order valence-corrected chi connectivity index (χ1v) is 9.00. The highest BCUT2D eigenvalue weighted by Gasteiger charge is 1.98. The molecule has 5 heteroatoms. The number of hydrogen-bond donors (Lipinski definition) is 2. The molecular formula is C22H28ClNO3. The van der Waals surface area contributed by atoms with Gasteiger partial charge in [-0.3, -0.25) is 4.79 Å². The van der Waals surface area contributed by atoms with Gasteiger partial charge in [0.15, 0.2) is 0 Å². The van der Waals surface area contributed by atoms with E-state index < -0.39 is 5.97 Å². The summed E-state index contributed by atoms with van der Waals surface area (Å²) in [5.41, 5.74) is 3.61. The number of carboxylic acids is 1. The number of rotatable bonds is 11. The molecule has 4 nitrogen and oxygen atoms in total. The van der Waals surface area contributed by atoms with E-state index in [0.717, 1.165) is 29.7 Å². The highest BCUT2D eigenvalue weighted by molar-refractivity contribution is 5.85. The number of benzene rings is 2. The average molecular weight is 390 g/mol. The molecule has 0 saturated heterocycles. The predicted octanol–water partition coefficient (Wildman–Crippen LogP) is 4.59. The van der Waals surface area contributed by atoms with E-state index in [0.29, 0.717) is 19.7 Å². The molecule has 2 N–H and O–H groups in total. The van der Waals surface area contributed by atoms with Gasteiger partial charge in [0.05, 0.1) is 13.0 Å². The van der Waals surface area contributed by atoms with Crippen molar-refractivity contribution in [3.8, 4) is 5.75 Å². The Kier molecular flexibility index (Phi) is 10.9. The summed E-state index contributed by atoms with van der Waals surface area (Å²) in [5.74, 6) is 0.103. The Morgan fingerprint density at radius 2 is 1.81 bits per heavy atom. The summed E-state index contributed by atoms with van der Waals surface area (Å²) in [6.07, 6.45) is 4.25. The fraction of sp³-hybridized carbons (Fsp3) is 0.318. The monoisotopic (exact) mass is 389 g/mol. The van der Waals surface area contributed by atoms with E-state index in [1.54, 1.807) is 0 Å². The molecule has 0 amide bonds. The summed E-state index contributed by atoms with van der Waals surface area (Å²) in [4.78, 5) is 10.5. The molecule has 146 valence electrons. The minimum Gasteiger partial charge on any atom is -0.494 e. The first-order chi connectivity index (χ1) is 12.6. The molecule has 0 bridgehead atoms. The van der Waals surface area contributed by atoms with Gasteiger partial charge >= 0.3 is 5.97 Å². The van der Waals surface area contributed by atoms with Gasteiger partial charge in [-0.1, -0.05) is 54.1 Å². The van der Waals surface area contributed by atoms with Gasteiger partial charge in [0.1, 0.15) is 5.75 Å². The maximum Gasteiger partial charge on any atom is 0.304 e. The Balaban J connectivity index is 0.00000364. The van der Waals surface area contributed by atoms with Gasteiger partial charge in [-0.25, -0.2) is 0 Å². The van der Waals surface area contributed by atoms with Crippen molar-refractivity contribution in [3.63, 3.8) is 0 Å². The van der Waals surface area contributed by atoms with E-state index in [1.165, 1.54) is 5.56 Å². The molecule has 0 unspecified atom stereocenters. The quantitative estimate of drug-likeness (QED) is 0.552. The average Bonchev–Trinajstić information content (AvgIpc) is 2.64. The van der Waals surface area contributed by atoms with Crippen molar-refractivity contribution < 1.29 is 14.6 Å². The molecule has 0 aliphatic carbocycles. The zero-order valence-electron chi connectivity index (χ0n) is 15.7. The molecule has 2 rings (SSSR count). The van der Waals surface area contributed by atoms with E-state index >= 15 is 0 Å². The Morgan fingerprint density at radius 1 is 1.11 bits per heavy atom. The Morgan fingerprint density at radius 3 is 2.48 bits per heavy atom. The molecule has 0 aromatic heterocycles. The molecular weight excluding hydrogens is 362 g/mol. The Bertz CT molecular complexity index is 699. The minimum absolute atomic E-state index is 0.